The summed E-state index contributed by atoms with van der Waals surface area (Å²) in [6, 6.07) is 9.48. The minimum Gasteiger partial charge on any atom is -0.340 e. The Bertz CT molecular complexity index is 809. The van der Waals surface area contributed by atoms with Crippen LogP contribution in [0.2, 0.25) is 5.02 Å². The van der Waals surface area contributed by atoms with Crippen molar-refractivity contribution in [3.05, 3.63) is 54.7 Å². The van der Waals surface area contributed by atoms with Crippen molar-refractivity contribution in [1.29, 1.82) is 0 Å². The smallest absolute Gasteiger partial charge is 0.184 e. The van der Waals surface area contributed by atoms with Gasteiger partial charge in [0.1, 0.15) is 0 Å². The summed E-state index contributed by atoms with van der Waals surface area (Å²) in [5.41, 5.74) is 1.67. The first-order chi connectivity index (χ1) is 9.56. The van der Waals surface area contributed by atoms with Crippen molar-refractivity contribution in [2.24, 2.45) is 0 Å². The maximum Gasteiger partial charge on any atom is 0.184 e. The van der Waals surface area contributed by atoms with E-state index in [9.17, 15) is 4.79 Å². The lowest BCUT2D eigenvalue weighted by molar-refractivity contribution is 0.0973. The molecule has 0 amide bonds. The zero-order valence-corrected chi connectivity index (χ0v) is 14.8. The van der Waals surface area contributed by atoms with Gasteiger partial charge >= 0.3 is 0 Å². The molecule has 0 radical (unpaired) electrons. The number of rotatable bonds is 3. The molecule has 1 aromatic carbocycles. The van der Waals surface area contributed by atoms with Crippen LogP contribution in [0.1, 0.15) is 10.4 Å². The first-order valence-corrected chi connectivity index (χ1v) is 8.55. The number of thiophene rings is 1. The summed E-state index contributed by atoms with van der Waals surface area (Å²) in [5, 5.41) is 1.67. The lowest BCUT2D eigenvalue weighted by Gasteiger charge is -2.04. The van der Waals surface area contributed by atoms with E-state index in [1.54, 1.807) is 0 Å². The van der Waals surface area contributed by atoms with Crippen LogP contribution in [0.15, 0.2) is 44.1 Å². The lowest BCUT2D eigenvalue weighted by Crippen LogP contribution is -2.09. The van der Waals surface area contributed by atoms with E-state index in [2.05, 4.69) is 31.9 Å². The van der Waals surface area contributed by atoms with Crippen LogP contribution in [0.5, 0.6) is 0 Å². The van der Waals surface area contributed by atoms with Crippen molar-refractivity contribution in [3.8, 4) is 0 Å². The van der Waals surface area contributed by atoms with Crippen LogP contribution in [-0.4, -0.2) is 10.4 Å². The van der Waals surface area contributed by atoms with Crippen molar-refractivity contribution >= 4 is 71.5 Å². The highest BCUT2D eigenvalue weighted by atomic mass is 79.9. The molecular formula is C14H8Br2ClNOS. The molecule has 0 N–H and O–H groups in total. The van der Waals surface area contributed by atoms with Crippen LogP contribution in [0.25, 0.3) is 10.9 Å². The van der Waals surface area contributed by atoms with Gasteiger partial charge in [-0.2, -0.15) is 0 Å². The molecule has 3 rings (SSSR count). The lowest BCUT2D eigenvalue weighted by atomic mass is 10.2. The molecule has 102 valence electrons. The van der Waals surface area contributed by atoms with Gasteiger partial charge in [-0.15, -0.1) is 11.3 Å². The largest absolute Gasteiger partial charge is 0.340 e. The number of carbonyl (C=O) groups is 1. The first kappa shape index (κ1) is 14.3. The molecule has 3 aromatic rings. The summed E-state index contributed by atoms with van der Waals surface area (Å²) in [7, 11) is 0. The molecule has 20 heavy (non-hydrogen) atoms. The summed E-state index contributed by atoms with van der Waals surface area (Å²) >= 11 is 14.5. The van der Waals surface area contributed by atoms with Crippen LogP contribution in [-0.2, 0) is 6.54 Å². The van der Waals surface area contributed by atoms with Crippen molar-refractivity contribution in [1.82, 2.24) is 4.57 Å². The summed E-state index contributed by atoms with van der Waals surface area (Å²) in [5.74, 6) is 0.0660. The second-order valence-electron chi connectivity index (χ2n) is 4.28. The molecule has 0 fully saturated rings. The molecule has 0 saturated carbocycles. The quantitative estimate of drug-likeness (QED) is 0.481. The third-order valence-electron chi connectivity index (χ3n) is 3.03. The number of hydrogen-bond acceptors (Lipinski definition) is 2. The van der Waals surface area contributed by atoms with Gasteiger partial charge in [-0.25, -0.2) is 0 Å². The normalized spacial score (nSPS) is 11.2. The highest BCUT2D eigenvalue weighted by Gasteiger charge is 2.15. The minimum atomic E-state index is 0.0660. The van der Waals surface area contributed by atoms with Crippen molar-refractivity contribution in [2.45, 2.75) is 6.54 Å². The maximum atomic E-state index is 12.4. The molecule has 0 unspecified atom stereocenters. The first-order valence-electron chi connectivity index (χ1n) is 5.77. The Kier molecular flexibility index (Phi) is 4.04. The number of benzene rings is 1. The summed E-state index contributed by atoms with van der Waals surface area (Å²) in [4.78, 5) is 12.4. The molecule has 0 aliphatic rings. The summed E-state index contributed by atoms with van der Waals surface area (Å²) < 4.78 is 3.71. The highest BCUT2D eigenvalue weighted by Crippen LogP contribution is 2.32. The van der Waals surface area contributed by atoms with Crippen molar-refractivity contribution in [3.63, 3.8) is 0 Å². The zero-order valence-electron chi connectivity index (χ0n) is 10.1. The molecule has 0 atom stereocenters. The average molecular weight is 434 g/mol. The maximum absolute atomic E-state index is 12.4. The summed E-state index contributed by atoms with van der Waals surface area (Å²) in [6.45, 7) is 0.297. The predicted octanol–water partition coefficient (Wildman–Crippen LogP) is 5.76. The number of halogens is 3. The highest BCUT2D eigenvalue weighted by molar-refractivity contribution is 9.12. The zero-order chi connectivity index (χ0) is 14.3. The van der Waals surface area contributed by atoms with Gasteiger partial charge < -0.3 is 4.57 Å². The van der Waals surface area contributed by atoms with Gasteiger partial charge in [0.25, 0.3) is 0 Å². The molecule has 2 heterocycles. The molecule has 0 saturated heterocycles. The number of hydrogen-bond donors (Lipinski definition) is 0. The molecule has 0 aliphatic heterocycles. The fraction of sp³-hybridized carbons (Fsp3) is 0.0714. The molecular weight excluding hydrogens is 425 g/mol. The number of nitrogens with zero attached hydrogens (tertiary/aromatic N) is 1. The van der Waals surface area contributed by atoms with Gasteiger partial charge in [0, 0.05) is 27.7 Å². The fourth-order valence-electron chi connectivity index (χ4n) is 2.09. The second kappa shape index (κ2) is 5.64. The SMILES string of the molecule is O=C(Cn1ccc2c(Cl)cccc21)c1cc(Br)sc1Br. The Balaban J connectivity index is 1.96. The van der Waals surface area contributed by atoms with Crippen LogP contribution in [0.4, 0.5) is 0 Å². The number of aromatic nitrogens is 1. The Hall–Kier alpha value is -0.620. The van der Waals surface area contributed by atoms with Crippen molar-refractivity contribution in [2.75, 3.05) is 0 Å². The Morgan fingerprint density at radius 1 is 1.30 bits per heavy atom. The van der Waals surface area contributed by atoms with Gasteiger partial charge in [-0.05, 0) is 56.1 Å². The molecule has 0 aliphatic carbocycles. The van der Waals surface area contributed by atoms with E-state index in [0.717, 1.165) is 18.5 Å². The number of ketones is 1. The van der Waals surface area contributed by atoms with E-state index < -0.39 is 0 Å². The Labute approximate surface area is 141 Å². The van der Waals surface area contributed by atoms with E-state index >= 15 is 0 Å². The number of carbonyl (C=O) groups excluding carboxylic acids is 1. The van der Waals surface area contributed by atoms with Gasteiger partial charge in [0.15, 0.2) is 5.78 Å². The van der Waals surface area contributed by atoms with Gasteiger partial charge in [0.2, 0.25) is 0 Å². The molecule has 2 aromatic heterocycles. The second-order valence-corrected chi connectivity index (χ2v) is 8.43. The van der Waals surface area contributed by atoms with Gasteiger partial charge in [0.05, 0.1) is 14.1 Å². The Morgan fingerprint density at radius 2 is 2.10 bits per heavy atom. The number of Topliss-reactive ketones (excluding diaryl/α,β-unsaturated/α-hetero) is 1. The molecule has 2 nitrogen and oxygen atoms in total. The molecule has 0 spiro atoms. The van der Waals surface area contributed by atoms with E-state index in [1.165, 1.54) is 11.3 Å². The van der Waals surface area contributed by atoms with Gasteiger partial charge in [-0.1, -0.05) is 17.7 Å². The van der Waals surface area contributed by atoms with Crippen LogP contribution in [0.3, 0.4) is 0 Å². The molecule has 0 bridgehead atoms. The monoisotopic (exact) mass is 431 g/mol. The molecule has 6 heteroatoms. The third-order valence-corrected chi connectivity index (χ3v) is 5.70. The Morgan fingerprint density at radius 3 is 2.80 bits per heavy atom. The minimum absolute atomic E-state index is 0.0660. The van der Waals surface area contributed by atoms with E-state index in [4.69, 9.17) is 11.6 Å². The summed E-state index contributed by atoms with van der Waals surface area (Å²) in [6.07, 6.45) is 1.89. The number of fused-ring (bicyclic) bond motifs is 1. The van der Waals surface area contributed by atoms with Crippen LogP contribution < -0.4 is 0 Å². The standard InChI is InChI=1S/C14H8Br2ClNOS/c15-13-6-9(14(16)20-13)12(19)7-18-5-4-8-10(17)2-1-3-11(8)18/h1-6H,7H2. The van der Waals surface area contributed by atoms with Crippen molar-refractivity contribution < 1.29 is 4.79 Å². The van der Waals surface area contributed by atoms with Gasteiger partial charge in [-0.3, -0.25) is 4.79 Å². The van der Waals surface area contributed by atoms with Crippen LogP contribution in [0, 0.1) is 0 Å². The van der Waals surface area contributed by atoms with E-state index in [1.807, 2.05) is 41.1 Å². The van der Waals surface area contributed by atoms with Crippen LogP contribution >= 0.6 is 54.8 Å². The fourth-order valence-corrected chi connectivity index (χ4v) is 5.18. The average Bonchev–Trinajstić information content (AvgIpc) is 2.94. The van der Waals surface area contributed by atoms with E-state index in [-0.39, 0.29) is 5.78 Å². The van der Waals surface area contributed by atoms with E-state index in [0.29, 0.717) is 17.1 Å². The third kappa shape index (κ3) is 2.60. The topological polar surface area (TPSA) is 22.0 Å². The predicted molar refractivity (Wildman–Crippen MR) is 91.0 cm³/mol.